The fraction of sp³-hybridized carbons (Fsp3) is 0.400. The van der Waals surface area contributed by atoms with Gasteiger partial charge in [0.2, 0.25) is 5.95 Å². The molecular formula is C10H11F2NO2. The van der Waals surface area contributed by atoms with Crippen LogP contribution in [0.3, 0.4) is 0 Å². The minimum absolute atomic E-state index is 0.447. The maximum atomic E-state index is 13.1. The number of nitrogens with zero attached hydrogens (tertiary/aromatic N) is 1. The summed E-state index contributed by atoms with van der Waals surface area (Å²) in [5.74, 6) is -2.72. The minimum atomic E-state index is -0.919. The number of carbonyl (C=O) groups excluding carboxylic acids is 1. The van der Waals surface area contributed by atoms with Gasteiger partial charge in [-0.15, -0.1) is 0 Å². The molecule has 1 rings (SSSR count). The third-order valence-electron chi connectivity index (χ3n) is 1.44. The highest BCUT2D eigenvalue weighted by Gasteiger charge is 2.21. The van der Waals surface area contributed by atoms with Gasteiger partial charge in [-0.2, -0.15) is 4.39 Å². The maximum Gasteiger partial charge on any atom is 0.341 e. The molecule has 0 aromatic carbocycles. The van der Waals surface area contributed by atoms with E-state index in [0.717, 1.165) is 0 Å². The standard InChI is InChI=1S/C10H11F2NO2/c1-10(2,3)15-9(14)6-4-8(12)13-5-7(6)11/h4-5H,1-3H3. The molecule has 5 heteroatoms. The summed E-state index contributed by atoms with van der Waals surface area (Å²) in [5.41, 5.74) is -1.19. The van der Waals surface area contributed by atoms with Crippen LogP contribution in [0.1, 0.15) is 31.1 Å². The number of rotatable bonds is 1. The second kappa shape index (κ2) is 3.92. The van der Waals surface area contributed by atoms with Crippen LogP contribution in [-0.2, 0) is 4.74 Å². The lowest BCUT2D eigenvalue weighted by atomic mass is 10.2. The van der Waals surface area contributed by atoms with Crippen molar-refractivity contribution in [1.82, 2.24) is 4.98 Å². The molecule has 0 fully saturated rings. The third-order valence-corrected chi connectivity index (χ3v) is 1.44. The molecule has 0 saturated heterocycles. The number of hydrogen-bond acceptors (Lipinski definition) is 3. The molecule has 0 spiro atoms. The van der Waals surface area contributed by atoms with Gasteiger partial charge in [0, 0.05) is 6.07 Å². The van der Waals surface area contributed by atoms with Crippen molar-refractivity contribution < 1.29 is 18.3 Å². The quantitative estimate of drug-likeness (QED) is 0.533. The van der Waals surface area contributed by atoms with Crippen LogP contribution in [0.5, 0.6) is 0 Å². The summed E-state index contributed by atoms with van der Waals surface area (Å²) >= 11 is 0. The zero-order valence-electron chi connectivity index (χ0n) is 8.67. The number of halogens is 2. The van der Waals surface area contributed by atoms with Gasteiger partial charge in [-0.3, -0.25) is 0 Å². The van der Waals surface area contributed by atoms with Crippen molar-refractivity contribution in [2.24, 2.45) is 0 Å². The molecule has 1 aromatic heterocycles. The van der Waals surface area contributed by atoms with Crippen LogP contribution < -0.4 is 0 Å². The molecule has 0 radical (unpaired) electrons. The average Bonchev–Trinajstić information content (AvgIpc) is 2.06. The zero-order valence-corrected chi connectivity index (χ0v) is 8.67. The van der Waals surface area contributed by atoms with Gasteiger partial charge in [0.25, 0.3) is 0 Å². The average molecular weight is 215 g/mol. The Kier molecular flexibility index (Phi) is 3.02. The highest BCUT2D eigenvalue weighted by Crippen LogP contribution is 2.14. The monoisotopic (exact) mass is 215 g/mol. The lowest BCUT2D eigenvalue weighted by Crippen LogP contribution is -2.24. The van der Waals surface area contributed by atoms with Crippen molar-refractivity contribution in [3.63, 3.8) is 0 Å². The molecular weight excluding hydrogens is 204 g/mol. The van der Waals surface area contributed by atoms with Crippen molar-refractivity contribution >= 4 is 5.97 Å². The van der Waals surface area contributed by atoms with Crippen molar-refractivity contribution in [3.8, 4) is 0 Å². The van der Waals surface area contributed by atoms with E-state index in [4.69, 9.17) is 4.74 Å². The molecule has 1 heterocycles. The summed E-state index contributed by atoms with van der Waals surface area (Å²) < 4.78 is 30.6. The first-order valence-corrected chi connectivity index (χ1v) is 4.34. The Labute approximate surface area is 86.1 Å². The molecule has 0 amide bonds. The fourth-order valence-electron chi connectivity index (χ4n) is 0.903. The van der Waals surface area contributed by atoms with E-state index in [0.29, 0.717) is 12.3 Å². The molecule has 15 heavy (non-hydrogen) atoms. The fourth-order valence-corrected chi connectivity index (χ4v) is 0.903. The molecule has 0 unspecified atom stereocenters. The van der Waals surface area contributed by atoms with Crippen LogP contribution in [0.2, 0.25) is 0 Å². The van der Waals surface area contributed by atoms with E-state index in [1.54, 1.807) is 20.8 Å². The number of esters is 1. The summed E-state index contributed by atoms with van der Waals surface area (Å²) in [6, 6.07) is 0.712. The van der Waals surface area contributed by atoms with Crippen LogP contribution in [0.15, 0.2) is 12.3 Å². The molecule has 0 aliphatic carbocycles. The van der Waals surface area contributed by atoms with E-state index in [1.165, 1.54) is 0 Å². The molecule has 0 N–H and O–H groups in total. The van der Waals surface area contributed by atoms with E-state index in [2.05, 4.69) is 4.98 Å². The Bertz CT molecular complexity index is 385. The van der Waals surface area contributed by atoms with Crippen LogP contribution in [0.4, 0.5) is 8.78 Å². The normalized spacial score (nSPS) is 11.3. The Hall–Kier alpha value is -1.52. The van der Waals surface area contributed by atoms with E-state index >= 15 is 0 Å². The Morgan fingerprint density at radius 2 is 2.00 bits per heavy atom. The molecule has 0 bridgehead atoms. The lowest BCUT2D eigenvalue weighted by Gasteiger charge is -2.19. The van der Waals surface area contributed by atoms with Gasteiger partial charge in [-0.1, -0.05) is 0 Å². The van der Waals surface area contributed by atoms with Gasteiger partial charge in [-0.25, -0.2) is 14.2 Å². The molecule has 0 saturated carbocycles. The summed E-state index contributed by atoms with van der Waals surface area (Å²) in [4.78, 5) is 14.4. The van der Waals surface area contributed by atoms with Crippen LogP contribution >= 0.6 is 0 Å². The Morgan fingerprint density at radius 1 is 1.40 bits per heavy atom. The first-order valence-electron chi connectivity index (χ1n) is 4.34. The van der Waals surface area contributed by atoms with Crippen LogP contribution in [0.25, 0.3) is 0 Å². The van der Waals surface area contributed by atoms with Crippen LogP contribution in [0, 0.1) is 11.8 Å². The minimum Gasteiger partial charge on any atom is -0.456 e. The first-order chi connectivity index (χ1) is 6.79. The second-order valence-corrected chi connectivity index (χ2v) is 3.99. The smallest absolute Gasteiger partial charge is 0.341 e. The first kappa shape index (κ1) is 11.6. The van der Waals surface area contributed by atoms with Crippen molar-refractivity contribution in [2.75, 3.05) is 0 Å². The van der Waals surface area contributed by atoms with Gasteiger partial charge < -0.3 is 4.74 Å². The molecule has 0 aliphatic heterocycles. The van der Waals surface area contributed by atoms with E-state index in [1.807, 2.05) is 0 Å². The topological polar surface area (TPSA) is 39.2 Å². The van der Waals surface area contributed by atoms with Gasteiger partial charge >= 0.3 is 5.97 Å². The van der Waals surface area contributed by atoms with E-state index in [9.17, 15) is 13.6 Å². The summed E-state index contributed by atoms with van der Waals surface area (Å²) in [6.07, 6.45) is 0.647. The number of pyridine rings is 1. The zero-order chi connectivity index (χ0) is 11.6. The highest BCUT2D eigenvalue weighted by molar-refractivity contribution is 5.89. The number of aromatic nitrogens is 1. The molecule has 3 nitrogen and oxygen atoms in total. The van der Waals surface area contributed by atoms with Crippen molar-refractivity contribution in [3.05, 3.63) is 29.6 Å². The predicted molar refractivity (Wildman–Crippen MR) is 49.3 cm³/mol. The van der Waals surface area contributed by atoms with Gasteiger partial charge in [-0.05, 0) is 20.8 Å². The summed E-state index contributed by atoms with van der Waals surface area (Å²) in [7, 11) is 0. The predicted octanol–water partition coefficient (Wildman–Crippen LogP) is 2.32. The summed E-state index contributed by atoms with van der Waals surface area (Å²) in [5, 5.41) is 0. The third kappa shape index (κ3) is 3.27. The largest absolute Gasteiger partial charge is 0.456 e. The number of carbonyl (C=O) groups is 1. The van der Waals surface area contributed by atoms with Gasteiger partial charge in [0.05, 0.1) is 6.20 Å². The molecule has 0 aliphatic rings. The SMILES string of the molecule is CC(C)(C)OC(=O)c1cc(F)ncc1F. The summed E-state index contributed by atoms with van der Waals surface area (Å²) in [6.45, 7) is 4.92. The second-order valence-electron chi connectivity index (χ2n) is 3.99. The highest BCUT2D eigenvalue weighted by atomic mass is 19.1. The van der Waals surface area contributed by atoms with Gasteiger partial charge in [0.1, 0.15) is 11.2 Å². The maximum absolute atomic E-state index is 13.1. The van der Waals surface area contributed by atoms with E-state index in [-0.39, 0.29) is 0 Å². The van der Waals surface area contributed by atoms with Gasteiger partial charge in [0.15, 0.2) is 5.82 Å². The van der Waals surface area contributed by atoms with Crippen molar-refractivity contribution in [2.45, 2.75) is 26.4 Å². The van der Waals surface area contributed by atoms with Crippen molar-refractivity contribution in [1.29, 1.82) is 0 Å². The molecule has 0 atom stereocenters. The lowest BCUT2D eigenvalue weighted by molar-refractivity contribution is 0.00638. The Morgan fingerprint density at radius 3 is 2.53 bits per heavy atom. The molecule has 82 valence electrons. The Balaban J connectivity index is 2.96. The number of ether oxygens (including phenoxy) is 1. The van der Waals surface area contributed by atoms with Crippen LogP contribution in [-0.4, -0.2) is 16.6 Å². The number of hydrogen-bond donors (Lipinski definition) is 0. The van der Waals surface area contributed by atoms with E-state index < -0.39 is 28.9 Å². The molecule has 1 aromatic rings.